The van der Waals surface area contributed by atoms with Gasteiger partial charge < -0.3 is 5.32 Å². The lowest BCUT2D eigenvalue weighted by molar-refractivity contribution is 0.130. The predicted octanol–water partition coefficient (Wildman–Crippen LogP) is 2.80. The van der Waals surface area contributed by atoms with E-state index >= 15 is 0 Å². The van der Waals surface area contributed by atoms with Gasteiger partial charge in [-0.2, -0.15) is 5.10 Å². The van der Waals surface area contributed by atoms with Crippen molar-refractivity contribution < 1.29 is 0 Å². The van der Waals surface area contributed by atoms with Gasteiger partial charge in [-0.1, -0.05) is 18.0 Å². The molecule has 0 spiro atoms. The molecule has 1 aliphatic carbocycles. The highest BCUT2D eigenvalue weighted by molar-refractivity contribution is 6.31. The lowest BCUT2D eigenvalue weighted by Crippen LogP contribution is -2.41. The van der Waals surface area contributed by atoms with Crippen LogP contribution >= 0.6 is 11.6 Å². The molecule has 1 aromatic rings. The van der Waals surface area contributed by atoms with Crippen LogP contribution in [0.2, 0.25) is 5.02 Å². The highest BCUT2D eigenvalue weighted by Crippen LogP contribution is 2.44. The van der Waals surface area contributed by atoms with Gasteiger partial charge in [-0.05, 0) is 45.6 Å². The van der Waals surface area contributed by atoms with E-state index in [1.165, 1.54) is 25.0 Å². The van der Waals surface area contributed by atoms with Gasteiger partial charge in [-0.15, -0.1) is 0 Å². The van der Waals surface area contributed by atoms with Gasteiger partial charge in [0.2, 0.25) is 0 Å². The summed E-state index contributed by atoms with van der Waals surface area (Å²) < 4.78 is 2.06. The van der Waals surface area contributed by atoms with E-state index in [0.29, 0.717) is 5.41 Å². The van der Waals surface area contributed by atoms with Crippen LogP contribution in [0.5, 0.6) is 0 Å². The standard InChI is InChI=1S/C13H22ClN3/c1-4-17-11(12(14)10(2)16-17)8-13(9-15-3)6-5-7-13/h15H,4-9H2,1-3H3. The fourth-order valence-corrected chi connectivity index (χ4v) is 3.06. The van der Waals surface area contributed by atoms with Gasteiger partial charge in [0.05, 0.1) is 16.4 Å². The Morgan fingerprint density at radius 2 is 2.18 bits per heavy atom. The summed E-state index contributed by atoms with van der Waals surface area (Å²) in [5, 5.41) is 8.69. The van der Waals surface area contributed by atoms with Crippen LogP contribution in [0, 0.1) is 12.3 Å². The molecule has 0 aliphatic heterocycles. The third-order valence-corrected chi connectivity index (χ3v) is 4.45. The van der Waals surface area contributed by atoms with E-state index in [4.69, 9.17) is 11.6 Å². The number of hydrogen-bond acceptors (Lipinski definition) is 2. The maximum atomic E-state index is 6.38. The Morgan fingerprint density at radius 1 is 1.47 bits per heavy atom. The molecular formula is C13H22ClN3. The molecule has 0 atom stereocenters. The quantitative estimate of drug-likeness (QED) is 0.877. The van der Waals surface area contributed by atoms with Crippen LogP contribution in [0.15, 0.2) is 0 Å². The predicted molar refractivity (Wildman–Crippen MR) is 71.6 cm³/mol. The van der Waals surface area contributed by atoms with Crippen LogP contribution in [0.25, 0.3) is 0 Å². The first kappa shape index (κ1) is 12.9. The van der Waals surface area contributed by atoms with Crippen molar-refractivity contribution in [3.05, 3.63) is 16.4 Å². The number of hydrogen-bond donors (Lipinski definition) is 1. The van der Waals surface area contributed by atoms with Gasteiger partial charge >= 0.3 is 0 Å². The molecule has 1 aliphatic rings. The topological polar surface area (TPSA) is 29.9 Å². The van der Waals surface area contributed by atoms with Crippen molar-refractivity contribution in [1.82, 2.24) is 15.1 Å². The van der Waals surface area contributed by atoms with Crippen molar-refractivity contribution in [1.29, 1.82) is 0 Å². The van der Waals surface area contributed by atoms with E-state index in [1.54, 1.807) is 0 Å². The van der Waals surface area contributed by atoms with E-state index in [2.05, 4.69) is 22.0 Å². The number of halogens is 1. The molecule has 0 unspecified atom stereocenters. The Bertz CT molecular complexity index is 394. The normalized spacial score (nSPS) is 18.1. The van der Waals surface area contributed by atoms with Crippen LogP contribution in [-0.4, -0.2) is 23.4 Å². The van der Waals surface area contributed by atoms with E-state index in [0.717, 1.165) is 30.2 Å². The first-order valence-electron chi connectivity index (χ1n) is 6.48. The molecule has 1 heterocycles. The first-order valence-corrected chi connectivity index (χ1v) is 6.86. The minimum Gasteiger partial charge on any atom is -0.319 e. The van der Waals surface area contributed by atoms with Crippen LogP contribution in [0.1, 0.15) is 37.6 Å². The summed E-state index contributed by atoms with van der Waals surface area (Å²) in [6, 6.07) is 0. The van der Waals surface area contributed by atoms with Gasteiger partial charge in [-0.3, -0.25) is 4.68 Å². The molecule has 0 amide bonds. The SMILES string of the molecule is CCn1nc(C)c(Cl)c1CC1(CNC)CCC1. The zero-order valence-corrected chi connectivity index (χ0v) is 11.8. The summed E-state index contributed by atoms with van der Waals surface area (Å²) in [4.78, 5) is 0. The van der Waals surface area contributed by atoms with Crippen molar-refractivity contribution in [2.75, 3.05) is 13.6 Å². The van der Waals surface area contributed by atoms with E-state index in [9.17, 15) is 0 Å². The maximum Gasteiger partial charge on any atom is 0.0847 e. The summed E-state index contributed by atoms with van der Waals surface area (Å²) in [7, 11) is 2.03. The van der Waals surface area contributed by atoms with Crippen LogP contribution in [-0.2, 0) is 13.0 Å². The molecule has 17 heavy (non-hydrogen) atoms. The molecular weight excluding hydrogens is 234 g/mol. The Balaban J connectivity index is 2.22. The molecule has 2 rings (SSSR count). The monoisotopic (exact) mass is 255 g/mol. The fourth-order valence-electron chi connectivity index (χ4n) is 2.86. The first-order chi connectivity index (χ1) is 8.12. The van der Waals surface area contributed by atoms with Crippen LogP contribution in [0.4, 0.5) is 0 Å². The molecule has 1 fully saturated rings. The molecule has 0 bridgehead atoms. The zero-order valence-electron chi connectivity index (χ0n) is 11.0. The summed E-state index contributed by atoms with van der Waals surface area (Å²) in [6.07, 6.45) is 5.01. The molecule has 0 aromatic carbocycles. The van der Waals surface area contributed by atoms with Crippen molar-refractivity contribution in [2.24, 2.45) is 5.41 Å². The van der Waals surface area contributed by atoms with Crippen LogP contribution < -0.4 is 5.32 Å². The second kappa shape index (κ2) is 4.99. The Kier molecular flexibility index (Phi) is 3.79. The van der Waals surface area contributed by atoms with Crippen molar-refractivity contribution in [3.8, 4) is 0 Å². The number of aromatic nitrogens is 2. The Labute approximate surface area is 109 Å². The van der Waals surface area contributed by atoms with Gasteiger partial charge in [-0.25, -0.2) is 0 Å². The van der Waals surface area contributed by atoms with Gasteiger partial charge in [0.25, 0.3) is 0 Å². The smallest absolute Gasteiger partial charge is 0.0847 e. The second-order valence-electron chi connectivity index (χ2n) is 5.22. The minimum atomic E-state index is 0.414. The fraction of sp³-hybridized carbons (Fsp3) is 0.769. The summed E-state index contributed by atoms with van der Waals surface area (Å²) in [5.74, 6) is 0. The summed E-state index contributed by atoms with van der Waals surface area (Å²) in [5.41, 5.74) is 2.60. The van der Waals surface area contributed by atoms with E-state index in [-0.39, 0.29) is 0 Å². The Hall–Kier alpha value is -0.540. The summed E-state index contributed by atoms with van der Waals surface area (Å²) >= 11 is 6.38. The number of rotatable bonds is 5. The van der Waals surface area contributed by atoms with E-state index in [1.807, 2.05) is 14.0 Å². The third kappa shape index (κ3) is 2.36. The highest BCUT2D eigenvalue weighted by Gasteiger charge is 2.38. The average Bonchev–Trinajstić information content (AvgIpc) is 2.53. The largest absolute Gasteiger partial charge is 0.319 e. The van der Waals surface area contributed by atoms with E-state index < -0.39 is 0 Å². The van der Waals surface area contributed by atoms with Crippen molar-refractivity contribution in [3.63, 3.8) is 0 Å². The number of nitrogens with one attached hydrogen (secondary N) is 1. The number of aryl methyl sites for hydroxylation is 2. The lowest BCUT2D eigenvalue weighted by Gasteiger charge is -2.42. The number of nitrogens with zero attached hydrogens (tertiary/aromatic N) is 2. The second-order valence-corrected chi connectivity index (χ2v) is 5.60. The molecule has 4 heteroatoms. The minimum absolute atomic E-state index is 0.414. The molecule has 1 aromatic heterocycles. The molecule has 1 N–H and O–H groups in total. The van der Waals surface area contributed by atoms with Gasteiger partial charge in [0.1, 0.15) is 0 Å². The van der Waals surface area contributed by atoms with Crippen molar-refractivity contribution >= 4 is 11.6 Å². The molecule has 3 nitrogen and oxygen atoms in total. The lowest BCUT2D eigenvalue weighted by atomic mass is 9.66. The zero-order chi connectivity index (χ0) is 12.5. The Morgan fingerprint density at radius 3 is 2.65 bits per heavy atom. The summed E-state index contributed by atoms with van der Waals surface area (Å²) in [6.45, 7) is 6.09. The maximum absolute atomic E-state index is 6.38. The average molecular weight is 256 g/mol. The van der Waals surface area contributed by atoms with Crippen LogP contribution in [0.3, 0.4) is 0 Å². The third-order valence-electron chi connectivity index (χ3n) is 3.96. The molecule has 96 valence electrons. The van der Waals surface area contributed by atoms with Crippen molar-refractivity contribution in [2.45, 2.75) is 46.1 Å². The van der Waals surface area contributed by atoms with Gasteiger partial charge in [0.15, 0.2) is 0 Å². The highest BCUT2D eigenvalue weighted by atomic mass is 35.5. The van der Waals surface area contributed by atoms with Gasteiger partial charge in [0, 0.05) is 13.1 Å². The molecule has 0 saturated heterocycles. The molecule has 1 saturated carbocycles. The molecule has 0 radical (unpaired) electrons.